The first-order valence-corrected chi connectivity index (χ1v) is 5.16. The lowest BCUT2D eigenvalue weighted by atomic mass is 10.1. The van der Waals surface area contributed by atoms with Crippen LogP contribution in [-0.2, 0) is 9.47 Å². The highest BCUT2D eigenvalue weighted by atomic mass is 16.6. The molecule has 0 radical (unpaired) electrons. The smallest absolute Gasteiger partial charge is 0.0824 e. The van der Waals surface area contributed by atoms with Gasteiger partial charge in [-0.3, -0.25) is 0 Å². The molecule has 0 aromatic heterocycles. The first kappa shape index (κ1) is 9.44. The van der Waals surface area contributed by atoms with Gasteiger partial charge in [0.05, 0.1) is 24.4 Å². The molecular formula is C10H19NO2. The Bertz CT molecular complexity index is 178. The van der Waals surface area contributed by atoms with Gasteiger partial charge in [-0.1, -0.05) is 0 Å². The summed E-state index contributed by atoms with van der Waals surface area (Å²) in [4.78, 5) is 0. The van der Waals surface area contributed by atoms with E-state index >= 15 is 0 Å². The number of rotatable bonds is 3. The molecule has 2 fully saturated rings. The highest BCUT2D eigenvalue weighted by Gasteiger charge is 2.32. The average molecular weight is 185 g/mol. The minimum Gasteiger partial charge on any atom is -0.373 e. The van der Waals surface area contributed by atoms with Crippen LogP contribution in [0.15, 0.2) is 0 Å². The molecule has 2 aliphatic heterocycles. The van der Waals surface area contributed by atoms with E-state index in [9.17, 15) is 0 Å². The van der Waals surface area contributed by atoms with Crippen LogP contribution in [0.1, 0.15) is 26.7 Å². The fraction of sp³-hybridized carbons (Fsp3) is 1.00. The molecule has 2 aliphatic rings. The van der Waals surface area contributed by atoms with E-state index in [4.69, 9.17) is 9.47 Å². The topological polar surface area (TPSA) is 30.5 Å². The third kappa shape index (κ3) is 2.42. The molecule has 0 aromatic carbocycles. The first-order valence-electron chi connectivity index (χ1n) is 5.16. The van der Waals surface area contributed by atoms with Gasteiger partial charge in [0.1, 0.15) is 0 Å². The molecule has 1 atom stereocenters. The lowest BCUT2D eigenvalue weighted by Crippen LogP contribution is -2.49. The van der Waals surface area contributed by atoms with Crippen LogP contribution in [0.4, 0.5) is 0 Å². The molecule has 2 rings (SSSR count). The van der Waals surface area contributed by atoms with Crippen molar-refractivity contribution in [3.63, 3.8) is 0 Å². The minimum atomic E-state index is 0.0753. The summed E-state index contributed by atoms with van der Waals surface area (Å²) in [5, 5.41) is 3.19. The maximum absolute atomic E-state index is 5.82. The van der Waals surface area contributed by atoms with Crippen LogP contribution in [0.25, 0.3) is 0 Å². The Balaban J connectivity index is 1.65. The Morgan fingerprint density at radius 2 is 2.23 bits per heavy atom. The quantitative estimate of drug-likeness (QED) is 0.709. The normalized spacial score (nSPS) is 33.2. The third-order valence-electron chi connectivity index (χ3n) is 2.82. The zero-order chi connectivity index (χ0) is 9.31. The Morgan fingerprint density at radius 3 is 2.69 bits per heavy atom. The van der Waals surface area contributed by atoms with Crippen LogP contribution < -0.4 is 5.32 Å². The third-order valence-corrected chi connectivity index (χ3v) is 2.82. The van der Waals surface area contributed by atoms with Crippen LogP contribution in [0.3, 0.4) is 0 Å². The molecule has 13 heavy (non-hydrogen) atoms. The van der Waals surface area contributed by atoms with Crippen molar-refractivity contribution in [1.29, 1.82) is 0 Å². The van der Waals surface area contributed by atoms with E-state index in [2.05, 4.69) is 19.2 Å². The lowest BCUT2D eigenvalue weighted by Gasteiger charge is -2.28. The van der Waals surface area contributed by atoms with E-state index < -0.39 is 0 Å². The highest BCUT2D eigenvalue weighted by Crippen LogP contribution is 2.29. The minimum absolute atomic E-state index is 0.0753. The summed E-state index contributed by atoms with van der Waals surface area (Å²) in [6, 6.07) is 0. The maximum Gasteiger partial charge on any atom is 0.0824 e. The number of ether oxygens (including phenoxy) is 2. The van der Waals surface area contributed by atoms with Gasteiger partial charge in [0.15, 0.2) is 0 Å². The molecule has 0 bridgehead atoms. The van der Waals surface area contributed by atoms with Gasteiger partial charge in [0.25, 0.3) is 0 Å². The van der Waals surface area contributed by atoms with E-state index in [1.54, 1.807) is 0 Å². The molecule has 0 amide bonds. The molecule has 0 spiro atoms. The predicted octanol–water partition coefficient (Wildman–Crippen LogP) is 0.932. The van der Waals surface area contributed by atoms with Gasteiger partial charge >= 0.3 is 0 Å². The maximum atomic E-state index is 5.82. The molecule has 1 unspecified atom stereocenters. The van der Waals surface area contributed by atoms with Crippen LogP contribution in [0.2, 0.25) is 0 Å². The predicted molar refractivity (Wildman–Crippen MR) is 50.8 cm³/mol. The van der Waals surface area contributed by atoms with Gasteiger partial charge in [-0.2, -0.15) is 0 Å². The average Bonchev–Trinajstić information content (AvgIpc) is 2.27. The fourth-order valence-corrected chi connectivity index (χ4v) is 1.82. The van der Waals surface area contributed by atoms with Gasteiger partial charge in [0, 0.05) is 13.1 Å². The van der Waals surface area contributed by atoms with Crippen LogP contribution in [0.5, 0.6) is 0 Å². The largest absolute Gasteiger partial charge is 0.373 e. The Morgan fingerprint density at radius 1 is 1.46 bits per heavy atom. The van der Waals surface area contributed by atoms with Crippen LogP contribution in [0, 0.1) is 0 Å². The summed E-state index contributed by atoms with van der Waals surface area (Å²) in [5.74, 6) is 0. The summed E-state index contributed by atoms with van der Waals surface area (Å²) < 4.78 is 11.5. The van der Waals surface area contributed by atoms with E-state index in [1.165, 1.54) is 0 Å². The van der Waals surface area contributed by atoms with E-state index in [1.807, 2.05) is 0 Å². The Kier molecular flexibility index (Phi) is 2.58. The van der Waals surface area contributed by atoms with Gasteiger partial charge in [-0.25, -0.2) is 0 Å². The lowest BCUT2D eigenvalue weighted by molar-refractivity contribution is -0.0785. The zero-order valence-electron chi connectivity index (χ0n) is 8.51. The van der Waals surface area contributed by atoms with Crippen molar-refractivity contribution >= 4 is 0 Å². The Labute approximate surface area is 79.8 Å². The summed E-state index contributed by atoms with van der Waals surface area (Å²) in [5.41, 5.74) is 0.0753. The molecule has 0 aliphatic carbocycles. The summed E-state index contributed by atoms with van der Waals surface area (Å²) in [7, 11) is 0. The van der Waals surface area contributed by atoms with Crippen molar-refractivity contribution in [1.82, 2.24) is 5.32 Å². The monoisotopic (exact) mass is 185 g/mol. The molecule has 3 heteroatoms. The second-order valence-corrected chi connectivity index (χ2v) is 4.65. The fourth-order valence-electron chi connectivity index (χ4n) is 1.82. The van der Waals surface area contributed by atoms with Crippen LogP contribution in [-0.4, -0.2) is 37.5 Å². The van der Waals surface area contributed by atoms with Crippen LogP contribution >= 0.6 is 0 Å². The van der Waals surface area contributed by atoms with Crippen molar-refractivity contribution < 1.29 is 9.47 Å². The summed E-state index contributed by atoms with van der Waals surface area (Å²) in [6.07, 6.45) is 3.07. The molecule has 1 N–H and O–H groups in total. The van der Waals surface area contributed by atoms with Crippen molar-refractivity contribution in [3.8, 4) is 0 Å². The van der Waals surface area contributed by atoms with Gasteiger partial charge in [-0.05, 0) is 26.7 Å². The molecule has 2 heterocycles. The second kappa shape index (κ2) is 3.56. The summed E-state index contributed by atoms with van der Waals surface area (Å²) >= 11 is 0. The van der Waals surface area contributed by atoms with E-state index in [0.717, 1.165) is 32.5 Å². The number of hydrogen-bond acceptors (Lipinski definition) is 3. The number of hydrogen-bond donors (Lipinski definition) is 1. The standard InChI is InChI=1S/C10H19NO2/c1-10(2)4-3-8(13-10)7-12-9-5-11-6-9/h8-9,11H,3-7H2,1-2H3. The van der Waals surface area contributed by atoms with Crippen molar-refractivity contribution in [2.75, 3.05) is 19.7 Å². The summed E-state index contributed by atoms with van der Waals surface area (Å²) in [6.45, 7) is 7.10. The van der Waals surface area contributed by atoms with E-state index in [0.29, 0.717) is 12.2 Å². The molecular weight excluding hydrogens is 166 g/mol. The molecule has 3 nitrogen and oxygen atoms in total. The SMILES string of the molecule is CC1(C)CCC(COC2CNC2)O1. The van der Waals surface area contributed by atoms with Crippen molar-refractivity contribution in [2.45, 2.75) is 44.5 Å². The van der Waals surface area contributed by atoms with E-state index in [-0.39, 0.29) is 5.60 Å². The zero-order valence-corrected chi connectivity index (χ0v) is 8.51. The first-order chi connectivity index (χ1) is 6.16. The van der Waals surface area contributed by atoms with Gasteiger partial charge in [-0.15, -0.1) is 0 Å². The van der Waals surface area contributed by atoms with Crippen molar-refractivity contribution in [3.05, 3.63) is 0 Å². The molecule has 0 aromatic rings. The molecule has 0 saturated carbocycles. The Hall–Kier alpha value is -0.120. The molecule has 76 valence electrons. The van der Waals surface area contributed by atoms with Gasteiger partial charge < -0.3 is 14.8 Å². The second-order valence-electron chi connectivity index (χ2n) is 4.65. The number of nitrogens with one attached hydrogen (secondary N) is 1. The van der Waals surface area contributed by atoms with Crippen molar-refractivity contribution in [2.24, 2.45) is 0 Å². The highest BCUT2D eigenvalue weighted by molar-refractivity contribution is 4.82. The van der Waals surface area contributed by atoms with Gasteiger partial charge in [0.2, 0.25) is 0 Å². The molecule has 2 saturated heterocycles.